The predicted molar refractivity (Wildman–Crippen MR) is 115 cm³/mol. The fraction of sp³-hybridized carbons (Fsp3) is 0.565. The van der Waals surface area contributed by atoms with Crippen molar-refractivity contribution in [2.24, 2.45) is 0 Å². The number of aliphatic hydroxyl groups excluding tert-OH is 1. The molecule has 1 aliphatic carbocycles. The van der Waals surface area contributed by atoms with Crippen LogP contribution in [0.1, 0.15) is 54.3 Å². The zero-order valence-electron chi connectivity index (χ0n) is 17.7. The minimum atomic E-state index is -0.643. The number of hydrogen-bond acceptors (Lipinski definition) is 5. The third-order valence-corrected chi connectivity index (χ3v) is 6.33. The smallest absolute Gasteiger partial charge is 0.251 e. The summed E-state index contributed by atoms with van der Waals surface area (Å²) in [4.78, 5) is 19.5. The first-order chi connectivity index (χ1) is 14.6. The minimum absolute atomic E-state index is 0.0631. The summed E-state index contributed by atoms with van der Waals surface area (Å²) in [6, 6.07) is 6.95. The van der Waals surface area contributed by atoms with E-state index in [4.69, 9.17) is 4.74 Å². The Bertz CT molecular complexity index is 846. The quantitative estimate of drug-likeness (QED) is 0.731. The topological polar surface area (TPSA) is 79.6 Å². The molecule has 30 heavy (non-hydrogen) atoms. The average molecular weight is 413 g/mol. The van der Waals surface area contributed by atoms with Gasteiger partial charge in [-0.2, -0.15) is 0 Å². The summed E-state index contributed by atoms with van der Waals surface area (Å²) in [5.41, 5.74) is 0.557. The van der Waals surface area contributed by atoms with Crippen molar-refractivity contribution < 1.29 is 14.6 Å². The number of aromatic nitrogens is 2. The second kappa shape index (κ2) is 9.62. The first-order valence-electron chi connectivity index (χ1n) is 11.1. The molecular weight excluding hydrogens is 380 g/mol. The molecule has 2 N–H and O–H groups in total. The summed E-state index contributed by atoms with van der Waals surface area (Å²) in [5, 5.41) is 13.9. The Morgan fingerprint density at radius 1 is 1.27 bits per heavy atom. The Kier molecular flexibility index (Phi) is 6.69. The van der Waals surface area contributed by atoms with Crippen molar-refractivity contribution in [2.75, 3.05) is 26.2 Å². The van der Waals surface area contributed by atoms with Crippen LogP contribution in [0.3, 0.4) is 0 Å². The van der Waals surface area contributed by atoms with E-state index >= 15 is 0 Å². The van der Waals surface area contributed by atoms with Gasteiger partial charge in [-0.15, -0.1) is 0 Å². The largest absolute Gasteiger partial charge is 0.492 e. The molecule has 2 fully saturated rings. The summed E-state index contributed by atoms with van der Waals surface area (Å²) in [7, 11) is 0. The third-order valence-electron chi connectivity index (χ3n) is 6.33. The van der Waals surface area contributed by atoms with Gasteiger partial charge in [-0.1, -0.05) is 6.07 Å². The van der Waals surface area contributed by atoms with Crippen LogP contribution in [0.5, 0.6) is 5.75 Å². The Labute approximate surface area is 178 Å². The van der Waals surface area contributed by atoms with E-state index in [9.17, 15) is 9.90 Å². The number of aliphatic hydroxyl groups is 1. The molecule has 1 aromatic heterocycles. The lowest BCUT2D eigenvalue weighted by atomic mass is 9.87. The molecule has 7 nitrogen and oxygen atoms in total. The number of hydrogen-bond donors (Lipinski definition) is 2. The van der Waals surface area contributed by atoms with E-state index in [1.54, 1.807) is 18.3 Å². The zero-order chi connectivity index (χ0) is 20.9. The van der Waals surface area contributed by atoms with E-state index in [-0.39, 0.29) is 18.0 Å². The summed E-state index contributed by atoms with van der Waals surface area (Å²) in [6.45, 7) is 5.77. The standard InChI is InChI=1S/C23H32N4O3/c1-17-24-10-13-27(17)21-9-5-8-20(22(21)28)25-23(29)18-6-4-7-19(16-18)30-15-14-26-11-2-3-12-26/h4,6-7,10,13,16,20-22,28H,2-3,5,8-9,11-12,14-15H2,1H3,(H,25,29)/t20-,21-,22-/m1/s1. The molecule has 162 valence electrons. The number of benzene rings is 1. The van der Waals surface area contributed by atoms with Crippen molar-refractivity contribution in [3.05, 3.63) is 48.0 Å². The molecule has 2 aliphatic rings. The monoisotopic (exact) mass is 412 g/mol. The van der Waals surface area contributed by atoms with Gasteiger partial charge in [0, 0.05) is 24.5 Å². The van der Waals surface area contributed by atoms with Crippen LogP contribution in [-0.2, 0) is 0 Å². The molecule has 1 saturated heterocycles. The van der Waals surface area contributed by atoms with Gasteiger partial charge in [0.1, 0.15) is 18.2 Å². The van der Waals surface area contributed by atoms with Crippen LogP contribution in [0.25, 0.3) is 0 Å². The van der Waals surface area contributed by atoms with Gasteiger partial charge in [-0.05, 0) is 70.3 Å². The lowest BCUT2D eigenvalue weighted by Crippen LogP contribution is -2.49. The highest BCUT2D eigenvalue weighted by atomic mass is 16.5. The molecule has 0 unspecified atom stereocenters. The van der Waals surface area contributed by atoms with Gasteiger partial charge in [-0.3, -0.25) is 9.69 Å². The highest BCUT2D eigenvalue weighted by Crippen LogP contribution is 2.30. The second-order valence-electron chi connectivity index (χ2n) is 8.38. The van der Waals surface area contributed by atoms with Gasteiger partial charge in [0.2, 0.25) is 0 Å². The highest BCUT2D eigenvalue weighted by molar-refractivity contribution is 5.94. The summed E-state index contributed by atoms with van der Waals surface area (Å²) >= 11 is 0. The molecule has 1 saturated carbocycles. The van der Waals surface area contributed by atoms with Crippen molar-refractivity contribution in [1.29, 1.82) is 0 Å². The third kappa shape index (κ3) is 4.84. The molecule has 2 aromatic rings. The maximum absolute atomic E-state index is 12.8. The molecule has 1 aromatic carbocycles. The number of nitrogens with zero attached hydrogens (tertiary/aromatic N) is 3. The first kappa shape index (κ1) is 20.9. The number of aryl methyl sites for hydroxylation is 1. The molecule has 3 atom stereocenters. The SMILES string of the molecule is Cc1nccn1[C@@H]1CCC[C@@H](NC(=O)c2cccc(OCCN3CCCC3)c2)[C@H]1O. The average Bonchev–Trinajstić information content (AvgIpc) is 3.42. The lowest BCUT2D eigenvalue weighted by Gasteiger charge is -2.36. The van der Waals surface area contributed by atoms with Crippen LogP contribution in [0.2, 0.25) is 0 Å². The van der Waals surface area contributed by atoms with Crippen molar-refractivity contribution in [3.63, 3.8) is 0 Å². The van der Waals surface area contributed by atoms with Crippen molar-refractivity contribution in [1.82, 2.24) is 19.8 Å². The summed E-state index contributed by atoms with van der Waals surface area (Å²) in [6.07, 6.45) is 8.14. The van der Waals surface area contributed by atoms with Crippen LogP contribution >= 0.6 is 0 Å². The van der Waals surface area contributed by atoms with Crippen LogP contribution in [0.15, 0.2) is 36.7 Å². The van der Waals surface area contributed by atoms with Crippen LogP contribution in [0.4, 0.5) is 0 Å². The van der Waals surface area contributed by atoms with Gasteiger partial charge in [0.15, 0.2) is 0 Å². The number of carbonyl (C=O) groups is 1. The highest BCUT2D eigenvalue weighted by Gasteiger charge is 2.34. The van der Waals surface area contributed by atoms with Gasteiger partial charge in [0.25, 0.3) is 5.91 Å². The van der Waals surface area contributed by atoms with Gasteiger partial charge in [-0.25, -0.2) is 4.98 Å². The number of imidazole rings is 1. The Morgan fingerprint density at radius 2 is 2.10 bits per heavy atom. The zero-order valence-corrected chi connectivity index (χ0v) is 17.7. The van der Waals surface area contributed by atoms with Crippen molar-refractivity contribution in [2.45, 2.75) is 57.2 Å². The van der Waals surface area contributed by atoms with Gasteiger partial charge in [0.05, 0.1) is 18.2 Å². The Morgan fingerprint density at radius 3 is 2.87 bits per heavy atom. The summed E-state index contributed by atoms with van der Waals surface area (Å²) < 4.78 is 7.88. The summed E-state index contributed by atoms with van der Waals surface area (Å²) in [5.74, 6) is 1.41. The lowest BCUT2D eigenvalue weighted by molar-refractivity contribution is 0.0392. The van der Waals surface area contributed by atoms with Crippen LogP contribution < -0.4 is 10.1 Å². The van der Waals surface area contributed by atoms with E-state index in [2.05, 4.69) is 15.2 Å². The molecule has 1 aliphatic heterocycles. The van der Waals surface area contributed by atoms with E-state index in [0.717, 1.165) is 44.7 Å². The molecular formula is C23H32N4O3. The molecule has 0 bridgehead atoms. The Hall–Kier alpha value is -2.38. The van der Waals surface area contributed by atoms with E-state index in [1.165, 1.54) is 12.8 Å². The number of nitrogens with one attached hydrogen (secondary N) is 1. The van der Waals surface area contributed by atoms with E-state index < -0.39 is 6.10 Å². The number of likely N-dealkylation sites (tertiary alicyclic amines) is 1. The van der Waals surface area contributed by atoms with Gasteiger partial charge >= 0.3 is 0 Å². The van der Waals surface area contributed by atoms with Crippen molar-refractivity contribution in [3.8, 4) is 5.75 Å². The fourth-order valence-electron chi connectivity index (χ4n) is 4.63. The normalized spacial score (nSPS) is 24.7. The van der Waals surface area contributed by atoms with Crippen LogP contribution in [-0.4, -0.2) is 63.9 Å². The number of amides is 1. The molecule has 0 spiro atoms. The second-order valence-corrected chi connectivity index (χ2v) is 8.38. The molecule has 7 heteroatoms. The first-order valence-corrected chi connectivity index (χ1v) is 11.1. The Balaban J connectivity index is 1.34. The molecule has 2 heterocycles. The van der Waals surface area contributed by atoms with Crippen molar-refractivity contribution >= 4 is 5.91 Å². The molecule has 0 radical (unpaired) electrons. The van der Waals surface area contributed by atoms with Crippen LogP contribution in [0, 0.1) is 6.92 Å². The predicted octanol–water partition coefficient (Wildman–Crippen LogP) is 2.55. The minimum Gasteiger partial charge on any atom is -0.492 e. The van der Waals surface area contributed by atoms with E-state index in [1.807, 2.05) is 29.8 Å². The molecule has 1 amide bonds. The fourth-order valence-corrected chi connectivity index (χ4v) is 4.63. The number of carbonyl (C=O) groups excluding carboxylic acids is 1. The van der Waals surface area contributed by atoms with E-state index in [0.29, 0.717) is 17.9 Å². The van der Waals surface area contributed by atoms with Gasteiger partial charge < -0.3 is 19.7 Å². The number of ether oxygens (including phenoxy) is 1. The maximum atomic E-state index is 12.8. The molecule has 4 rings (SSSR count). The number of rotatable bonds is 7. The maximum Gasteiger partial charge on any atom is 0.251 e.